The lowest BCUT2D eigenvalue weighted by Gasteiger charge is -2.28. The van der Waals surface area contributed by atoms with E-state index in [-0.39, 0.29) is 16.5 Å². The van der Waals surface area contributed by atoms with Crippen molar-refractivity contribution in [2.45, 2.75) is 59.3 Å². The molecule has 0 atom stereocenters. The summed E-state index contributed by atoms with van der Waals surface area (Å²) in [6.45, 7) is 14.3. The quantitative estimate of drug-likeness (QED) is 0.746. The van der Waals surface area contributed by atoms with E-state index in [4.69, 9.17) is 0 Å². The van der Waals surface area contributed by atoms with Gasteiger partial charge in [-0.3, -0.25) is 0 Å². The number of rotatable bonds is 1. The van der Waals surface area contributed by atoms with Crippen LogP contribution in [0.25, 0.3) is 11.3 Å². The van der Waals surface area contributed by atoms with Crippen LogP contribution in [0.2, 0.25) is 0 Å². The molecule has 1 aromatic carbocycles. The van der Waals surface area contributed by atoms with Gasteiger partial charge in [0.05, 0.1) is 5.69 Å². The molecule has 22 heavy (non-hydrogen) atoms. The second-order valence-electron chi connectivity index (χ2n) is 8.00. The van der Waals surface area contributed by atoms with Crippen LogP contribution in [0.1, 0.15) is 58.4 Å². The Morgan fingerprint density at radius 2 is 1.36 bits per heavy atom. The number of hydrogen-bond acceptors (Lipinski definition) is 2. The second-order valence-corrected chi connectivity index (χ2v) is 8.00. The molecule has 0 aliphatic heterocycles. The van der Waals surface area contributed by atoms with Crippen LogP contribution >= 0.6 is 0 Å². The number of aromatic nitrogens is 2. The third-order valence-electron chi connectivity index (χ3n) is 3.93. The third kappa shape index (κ3) is 2.96. The molecule has 0 aliphatic carbocycles. The summed E-state index contributed by atoms with van der Waals surface area (Å²) in [6.07, 6.45) is 0. The molecule has 0 radical (unpaired) electrons. The molecule has 0 spiro atoms. The number of aromatic amines is 2. The minimum atomic E-state index is -0.213. The van der Waals surface area contributed by atoms with Crippen LogP contribution in [0.4, 0.5) is 0 Å². The van der Waals surface area contributed by atoms with Crippen LogP contribution < -0.4 is 5.69 Å². The van der Waals surface area contributed by atoms with Gasteiger partial charge in [-0.1, -0.05) is 41.5 Å². The van der Waals surface area contributed by atoms with Gasteiger partial charge in [-0.25, -0.2) is 4.79 Å². The van der Waals surface area contributed by atoms with Crippen molar-refractivity contribution >= 4 is 0 Å². The number of benzene rings is 1. The van der Waals surface area contributed by atoms with Gasteiger partial charge in [0.25, 0.3) is 0 Å². The van der Waals surface area contributed by atoms with Gasteiger partial charge in [-0.05, 0) is 29.9 Å². The van der Waals surface area contributed by atoms with Crippen LogP contribution in [0, 0.1) is 6.92 Å². The number of imidazole rings is 1. The molecule has 0 amide bonds. The number of aromatic hydroxyl groups is 1. The highest BCUT2D eigenvalue weighted by molar-refractivity contribution is 5.67. The zero-order valence-corrected chi connectivity index (χ0v) is 14.5. The van der Waals surface area contributed by atoms with E-state index in [1.165, 1.54) is 0 Å². The Kier molecular flexibility index (Phi) is 3.76. The van der Waals surface area contributed by atoms with Gasteiger partial charge >= 0.3 is 5.69 Å². The van der Waals surface area contributed by atoms with Crippen LogP contribution in [-0.4, -0.2) is 15.1 Å². The lowest BCUT2D eigenvalue weighted by Crippen LogP contribution is -2.17. The number of phenols is 1. The van der Waals surface area contributed by atoms with Crippen molar-refractivity contribution in [3.05, 3.63) is 39.4 Å². The molecule has 4 heteroatoms. The molecule has 1 aromatic heterocycles. The normalized spacial score (nSPS) is 12.7. The van der Waals surface area contributed by atoms with Crippen molar-refractivity contribution in [3.63, 3.8) is 0 Å². The molecule has 3 N–H and O–H groups in total. The van der Waals surface area contributed by atoms with Crippen LogP contribution in [-0.2, 0) is 10.8 Å². The summed E-state index contributed by atoms with van der Waals surface area (Å²) in [4.78, 5) is 17.2. The van der Waals surface area contributed by atoms with Gasteiger partial charge in [-0.2, -0.15) is 0 Å². The summed E-state index contributed by atoms with van der Waals surface area (Å²) in [6, 6.07) is 3.94. The fourth-order valence-corrected chi connectivity index (χ4v) is 2.68. The summed E-state index contributed by atoms with van der Waals surface area (Å²) in [7, 11) is 0. The largest absolute Gasteiger partial charge is 0.507 e. The number of H-pyrrole nitrogens is 2. The van der Waals surface area contributed by atoms with Crippen molar-refractivity contribution in [3.8, 4) is 17.0 Å². The van der Waals surface area contributed by atoms with Crippen molar-refractivity contribution < 1.29 is 5.11 Å². The van der Waals surface area contributed by atoms with E-state index >= 15 is 0 Å². The summed E-state index contributed by atoms with van der Waals surface area (Å²) in [5.41, 5.74) is 3.68. The Hall–Kier alpha value is -1.97. The smallest absolute Gasteiger partial charge is 0.323 e. The molecule has 0 fully saturated rings. The SMILES string of the molecule is Cc1[nH]c(=O)[nH]c1-c1cc(C(C)(C)C)c(O)c(C(C)(C)C)c1. The maximum absolute atomic E-state index is 11.6. The van der Waals surface area contributed by atoms with E-state index < -0.39 is 0 Å². The molecule has 2 rings (SSSR count). The zero-order valence-electron chi connectivity index (χ0n) is 14.5. The number of nitrogens with one attached hydrogen (secondary N) is 2. The fraction of sp³-hybridized carbons (Fsp3) is 0.500. The fourth-order valence-electron chi connectivity index (χ4n) is 2.68. The molecule has 2 aromatic rings. The standard InChI is InChI=1S/C18H26N2O2/c1-10-14(20-16(22)19-10)11-8-12(17(2,3)4)15(21)13(9-11)18(5,6)7/h8-9,21H,1-7H3,(H2,19,20,22). The van der Waals surface area contributed by atoms with Crippen LogP contribution in [0.5, 0.6) is 5.75 Å². The first kappa shape index (κ1) is 16.4. The Balaban J connectivity index is 2.82. The molecule has 0 bridgehead atoms. The number of phenolic OH excluding ortho intramolecular Hbond substituents is 1. The molecule has 0 saturated carbocycles. The number of hydrogen-bond donors (Lipinski definition) is 3. The van der Waals surface area contributed by atoms with E-state index in [2.05, 4.69) is 51.5 Å². The number of aryl methyl sites for hydroxylation is 1. The summed E-state index contributed by atoms with van der Waals surface area (Å²) in [5.74, 6) is 0.347. The maximum atomic E-state index is 11.6. The van der Waals surface area contributed by atoms with Gasteiger partial charge in [0.15, 0.2) is 0 Å². The lowest BCUT2D eigenvalue weighted by molar-refractivity contribution is 0.423. The molecule has 1 heterocycles. The predicted octanol–water partition coefficient (Wildman–Crippen LogP) is 3.98. The Morgan fingerprint density at radius 3 is 1.68 bits per heavy atom. The van der Waals surface area contributed by atoms with Gasteiger partial charge < -0.3 is 15.1 Å². The van der Waals surface area contributed by atoms with Crippen molar-refractivity contribution in [1.82, 2.24) is 9.97 Å². The Morgan fingerprint density at radius 1 is 0.909 bits per heavy atom. The van der Waals surface area contributed by atoms with Gasteiger partial charge in [0, 0.05) is 22.4 Å². The highest BCUT2D eigenvalue weighted by Gasteiger charge is 2.27. The van der Waals surface area contributed by atoms with E-state index in [1.807, 2.05) is 19.1 Å². The third-order valence-corrected chi connectivity index (χ3v) is 3.93. The summed E-state index contributed by atoms with van der Waals surface area (Å²) >= 11 is 0. The maximum Gasteiger partial charge on any atom is 0.323 e. The van der Waals surface area contributed by atoms with Gasteiger partial charge in [-0.15, -0.1) is 0 Å². The Labute approximate surface area is 131 Å². The zero-order chi connectivity index (χ0) is 16.9. The van der Waals surface area contributed by atoms with Crippen LogP contribution in [0.3, 0.4) is 0 Å². The molecule has 0 unspecified atom stereocenters. The van der Waals surface area contributed by atoms with E-state index in [0.29, 0.717) is 5.75 Å². The van der Waals surface area contributed by atoms with Crippen LogP contribution in [0.15, 0.2) is 16.9 Å². The Bertz CT molecular complexity index is 718. The minimum absolute atomic E-state index is 0.190. The van der Waals surface area contributed by atoms with Gasteiger partial charge in [0.2, 0.25) is 0 Å². The average Bonchev–Trinajstić information content (AvgIpc) is 2.65. The molecule has 0 saturated heterocycles. The summed E-state index contributed by atoms with van der Waals surface area (Å²) in [5, 5.41) is 10.7. The topological polar surface area (TPSA) is 68.9 Å². The van der Waals surface area contributed by atoms with E-state index in [9.17, 15) is 9.90 Å². The predicted molar refractivity (Wildman–Crippen MR) is 90.7 cm³/mol. The summed E-state index contributed by atoms with van der Waals surface area (Å²) < 4.78 is 0. The van der Waals surface area contributed by atoms with Crippen molar-refractivity contribution in [1.29, 1.82) is 0 Å². The highest BCUT2D eigenvalue weighted by Crippen LogP contribution is 2.41. The van der Waals surface area contributed by atoms with E-state index in [1.54, 1.807) is 0 Å². The van der Waals surface area contributed by atoms with Crippen molar-refractivity contribution in [2.75, 3.05) is 0 Å². The molecule has 120 valence electrons. The first-order valence-corrected chi connectivity index (χ1v) is 7.58. The lowest BCUT2D eigenvalue weighted by atomic mass is 9.78. The van der Waals surface area contributed by atoms with E-state index in [0.717, 1.165) is 28.1 Å². The molecule has 0 aliphatic rings. The second kappa shape index (κ2) is 5.04. The highest BCUT2D eigenvalue weighted by atomic mass is 16.3. The molecular formula is C18H26N2O2. The van der Waals surface area contributed by atoms with Crippen molar-refractivity contribution in [2.24, 2.45) is 0 Å². The van der Waals surface area contributed by atoms with Gasteiger partial charge in [0.1, 0.15) is 5.75 Å². The monoisotopic (exact) mass is 302 g/mol. The molecular weight excluding hydrogens is 276 g/mol. The average molecular weight is 302 g/mol. The minimum Gasteiger partial charge on any atom is -0.507 e. The molecule has 4 nitrogen and oxygen atoms in total. The first-order chi connectivity index (χ1) is 9.91. The first-order valence-electron chi connectivity index (χ1n) is 7.58.